The molecule has 1 aliphatic rings. The molecule has 6 heteroatoms. The fourth-order valence-electron chi connectivity index (χ4n) is 3.11. The molecule has 0 atom stereocenters. The van der Waals surface area contributed by atoms with Crippen molar-refractivity contribution >= 4 is 46.0 Å². The molecule has 25 heavy (non-hydrogen) atoms. The Hall–Kier alpha value is -2.47. The number of carbonyl (C=O) groups is 2. The lowest BCUT2D eigenvalue weighted by molar-refractivity contribution is -0.132. The van der Waals surface area contributed by atoms with Crippen molar-refractivity contribution in [2.75, 3.05) is 31.9 Å². The van der Waals surface area contributed by atoms with Gasteiger partial charge in [-0.15, -0.1) is 11.8 Å². The normalized spacial score (nSPS) is 15.0. The maximum Gasteiger partial charge on any atom is 0.233 e. The van der Waals surface area contributed by atoms with E-state index in [4.69, 9.17) is 4.42 Å². The van der Waals surface area contributed by atoms with Gasteiger partial charge in [0.2, 0.25) is 12.3 Å². The zero-order chi connectivity index (χ0) is 17.2. The molecule has 2 amide bonds. The first kappa shape index (κ1) is 16.0. The van der Waals surface area contributed by atoms with E-state index in [1.54, 1.807) is 4.90 Å². The highest BCUT2D eigenvalue weighted by atomic mass is 32.2. The summed E-state index contributed by atoms with van der Waals surface area (Å²) in [6.45, 7) is 2.47. The minimum Gasteiger partial charge on any atom is -0.456 e. The van der Waals surface area contributed by atoms with E-state index in [1.165, 1.54) is 11.8 Å². The van der Waals surface area contributed by atoms with E-state index in [1.807, 2.05) is 41.3 Å². The van der Waals surface area contributed by atoms with Gasteiger partial charge in [0.1, 0.15) is 11.2 Å². The Morgan fingerprint density at radius 1 is 1.04 bits per heavy atom. The third kappa shape index (κ3) is 3.22. The fourth-order valence-corrected chi connectivity index (χ4v) is 3.95. The summed E-state index contributed by atoms with van der Waals surface area (Å²) in [5.41, 5.74) is 1.74. The van der Waals surface area contributed by atoms with Gasteiger partial charge in [-0.2, -0.15) is 0 Å². The van der Waals surface area contributed by atoms with Crippen LogP contribution < -0.4 is 0 Å². The van der Waals surface area contributed by atoms with E-state index in [0.29, 0.717) is 31.9 Å². The number of para-hydroxylation sites is 1. The Bertz CT molecular complexity index is 929. The molecule has 1 aliphatic heterocycles. The third-order valence-corrected chi connectivity index (χ3v) is 5.51. The summed E-state index contributed by atoms with van der Waals surface area (Å²) in [5, 5.41) is 2.17. The molecule has 0 spiro atoms. The SMILES string of the molecule is O=CN1CCN(C(=O)CSc2ccc3oc4ccccc4c3c2)CC1. The van der Waals surface area contributed by atoms with Crippen molar-refractivity contribution in [1.82, 2.24) is 9.80 Å². The Morgan fingerprint density at radius 3 is 2.60 bits per heavy atom. The summed E-state index contributed by atoms with van der Waals surface area (Å²) in [6, 6.07) is 14.0. The van der Waals surface area contributed by atoms with Crippen LogP contribution in [0, 0.1) is 0 Å². The predicted octanol–water partition coefficient (Wildman–Crippen LogP) is 2.98. The number of fused-ring (bicyclic) bond motifs is 3. The Labute approximate surface area is 149 Å². The molecule has 0 aliphatic carbocycles. The van der Waals surface area contributed by atoms with E-state index in [9.17, 15) is 9.59 Å². The minimum atomic E-state index is 0.118. The molecular formula is C19H18N2O3S. The summed E-state index contributed by atoms with van der Waals surface area (Å²) in [4.78, 5) is 27.7. The van der Waals surface area contributed by atoms with Gasteiger partial charge in [-0.3, -0.25) is 9.59 Å². The molecule has 5 nitrogen and oxygen atoms in total. The molecule has 2 heterocycles. The van der Waals surface area contributed by atoms with Gasteiger partial charge >= 0.3 is 0 Å². The highest BCUT2D eigenvalue weighted by molar-refractivity contribution is 8.00. The second-order valence-electron chi connectivity index (χ2n) is 6.07. The van der Waals surface area contributed by atoms with Gasteiger partial charge in [0.15, 0.2) is 0 Å². The lowest BCUT2D eigenvalue weighted by atomic mass is 10.1. The quantitative estimate of drug-likeness (QED) is 0.534. The summed E-state index contributed by atoms with van der Waals surface area (Å²) in [6.07, 6.45) is 0.848. The van der Waals surface area contributed by atoms with Crippen molar-refractivity contribution in [3.8, 4) is 0 Å². The standard InChI is InChI=1S/C19H18N2O3S/c22-13-20-7-9-21(10-8-20)19(23)12-25-14-5-6-18-16(11-14)15-3-1-2-4-17(15)24-18/h1-6,11,13H,7-10,12H2. The zero-order valence-electron chi connectivity index (χ0n) is 13.7. The molecule has 0 bridgehead atoms. The number of rotatable bonds is 4. The number of thioether (sulfide) groups is 1. The van der Waals surface area contributed by atoms with Crippen molar-refractivity contribution in [2.45, 2.75) is 4.90 Å². The van der Waals surface area contributed by atoms with E-state index < -0.39 is 0 Å². The van der Waals surface area contributed by atoms with Crippen LogP contribution in [0.5, 0.6) is 0 Å². The van der Waals surface area contributed by atoms with E-state index in [2.05, 4.69) is 6.07 Å². The molecule has 0 radical (unpaired) electrons. The largest absolute Gasteiger partial charge is 0.456 e. The Kier molecular flexibility index (Phi) is 4.36. The molecule has 1 saturated heterocycles. The number of piperazine rings is 1. The molecule has 1 fully saturated rings. The first-order valence-electron chi connectivity index (χ1n) is 8.26. The third-order valence-electron chi connectivity index (χ3n) is 4.53. The van der Waals surface area contributed by atoms with Gasteiger partial charge in [-0.25, -0.2) is 0 Å². The summed E-state index contributed by atoms with van der Waals surface area (Å²) in [7, 11) is 0. The molecule has 2 aromatic carbocycles. The van der Waals surface area contributed by atoms with Gasteiger partial charge in [0.05, 0.1) is 5.75 Å². The number of benzene rings is 2. The lowest BCUT2D eigenvalue weighted by Crippen LogP contribution is -2.48. The maximum atomic E-state index is 12.4. The highest BCUT2D eigenvalue weighted by Gasteiger charge is 2.20. The lowest BCUT2D eigenvalue weighted by Gasteiger charge is -2.32. The molecule has 3 aromatic rings. The molecule has 0 saturated carbocycles. The first-order chi connectivity index (χ1) is 12.2. The number of furan rings is 1. The smallest absolute Gasteiger partial charge is 0.233 e. The minimum absolute atomic E-state index is 0.118. The van der Waals surface area contributed by atoms with Crippen molar-refractivity contribution in [1.29, 1.82) is 0 Å². The molecule has 4 rings (SSSR count). The molecule has 0 N–H and O–H groups in total. The van der Waals surface area contributed by atoms with Crippen LogP contribution >= 0.6 is 11.8 Å². The first-order valence-corrected chi connectivity index (χ1v) is 9.24. The van der Waals surface area contributed by atoms with Crippen LogP contribution in [0.1, 0.15) is 0 Å². The molecular weight excluding hydrogens is 336 g/mol. The second-order valence-corrected chi connectivity index (χ2v) is 7.12. The van der Waals surface area contributed by atoms with Crippen LogP contribution in [-0.4, -0.2) is 54.0 Å². The number of nitrogens with zero attached hydrogens (tertiary/aromatic N) is 2. The molecule has 0 unspecified atom stereocenters. The summed E-state index contributed by atoms with van der Waals surface area (Å²) in [5.74, 6) is 0.523. The molecule has 128 valence electrons. The van der Waals surface area contributed by atoms with E-state index in [0.717, 1.165) is 33.2 Å². The van der Waals surface area contributed by atoms with Crippen LogP contribution in [0.2, 0.25) is 0 Å². The Morgan fingerprint density at radius 2 is 1.80 bits per heavy atom. The van der Waals surface area contributed by atoms with Gasteiger partial charge in [-0.1, -0.05) is 18.2 Å². The van der Waals surface area contributed by atoms with Crippen LogP contribution in [0.4, 0.5) is 0 Å². The topological polar surface area (TPSA) is 53.8 Å². The zero-order valence-corrected chi connectivity index (χ0v) is 14.5. The average molecular weight is 354 g/mol. The van der Waals surface area contributed by atoms with Crippen molar-refractivity contribution in [3.05, 3.63) is 42.5 Å². The van der Waals surface area contributed by atoms with Gasteiger partial charge in [-0.05, 0) is 24.3 Å². The van der Waals surface area contributed by atoms with Gasteiger partial charge in [0, 0.05) is 41.8 Å². The summed E-state index contributed by atoms with van der Waals surface area (Å²) < 4.78 is 5.83. The van der Waals surface area contributed by atoms with Gasteiger partial charge < -0.3 is 14.2 Å². The Balaban J connectivity index is 1.45. The monoisotopic (exact) mass is 354 g/mol. The van der Waals surface area contributed by atoms with Crippen LogP contribution in [-0.2, 0) is 9.59 Å². The molecule has 1 aromatic heterocycles. The number of amides is 2. The summed E-state index contributed by atoms with van der Waals surface area (Å²) >= 11 is 1.54. The van der Waals surface area contributed by atoms with E-state index in [-0.39, 0.29) is 5.91 Å². The van der Waals surface area contributed by atoms with Crippen LogP contribution in [0.15, 0.2) is 51.8 Å². The van der Waals surface area contributed by atoms with Crippen LogP contribution in [0.25, 0.3) is 21.9 Å². The maximum absolute atomic E-state index is 12.4. The number of carbonyl (C=O) groups excluding carboxylic acids is 2. The van der Waals surface area contributed by atoms with Crippen molar-refractivity contribution < 1.29 is 14.0 Å². The fraction of sp³-hybridized carbons (Fsp3) is 0.263. The van der Waals surface area contributed by atoms with Crippen molar-refractivity contribution in [2.24, 2.45) is 0 Å². The predicted molar refractivity (Wildman–Crippen MR) is 98.7 cm³/mol. The highest BCUT2D eigenvalue weighted by Crippen LogP contribution is 2.31. The number of hydrogen-bond donors (Lipinski definition) is 0. The second kappa shape index (κ2) is 6.80. The average Bonchev–Trinajstić information content (AvgIpc) is 3.04. The van der Waals surface area contributed by atoms with E-state index >= 15 is 0 Å². The van der Waals surface area contributed by atoms with Gasteiger partial charge in [0.25, 0.3) is 0 Å². The number of hydrogen-bond acceptors (Lipinski definition) is 4. The van der Waals surface area contributed by atoms with Crippen LogP contribution in [0.3, 0.4) is 0 Å². The van der Waals surface area contributed by atoms with Crippen molar-refractivity contribution in [3.63, 3.8) is 0 Å².